The van der Waals surface area contributed by atoms with E-state index in [1.165, 1.54) is 6.92 Å². The Labute approximate surface area is 126 Å². The lowest BCUT2D eigenvalue weighted by atomic mass is 10.2. The summed E-state index contributed by atoms with van der Waals surface area (Å²) in [7, 11) is 0. The van der Waals surface area contributed by atoms with E-state index in [0.717, 1.165) is 13.1 Å². The van der Waals surface area contributed by atoms with Crippen molar-refractivity contribution in [2.24, 2.45) is 0 Å². The molecule has 1 saturated heterocycles. The number of amides is 2. The average molecular weight is 301 g/mol. The molecule has 1 heterocycles. The predicted octanol–water partition coefficient (Wildman–Crippen LogP) is -0.947. The van der Waals surface area contributed by atoms with Crippen molar-refractivity contribution in [3.63, 3.8) is 0 Å². The van der Waals surface area contributed by atoms with Crippen LogP contribution in [0.25, 0.3) is 0 Å². The Bertz CT molecular complexity index is 343. The zero-order valence-electron chi connectivity index (χ0n) is 13.2. The molecule has 1 aliphatic rings. The molecule has 21 heavy (non-hydrogen) atoms. The Kier molecular flexibility index (Phi) is 7.63. The monoisotopic (exact) mass is 301 g/mol. The van der Waals surface area contributed by atoms with Crippen LogP contribution in [0.15, 0.2) is 0 Å². The van der Waals surface area contributed by atoms with Crippen LogP contribution < -0.4 is 5.32 Å². The standard InChI is InChI=1S/C14H27N3O4/c1-4-21-10-13(19)9-16-5-7-17(8-6-16)14(20)11(2)15-12(3)18/h11,13,19H,4-10H2,1-3H3,(H,15,18)/t11-,13-/m0/s1. The molecule has 0 radical (unpaired) electrons. The SMILES string of the molecule is CCOC[C@@H](O)CN1CCN(C(=O)[C@H](C)NC(C)=O)CC1. The molecular weight excluding hydrogens is 274 g/mol. The van der Waals surface area contributed by atoms with Gasteiger partial charge in [-0.2, -0.15) is 0 Å². The third-order valence-electron chi connectivity index (χ3n) is 3.46. The van der Waals surface area contributed by atoms with E-state index in [9.17, 15) is 14.7 Å². The summed E-state index contributed by atoms with van der Waals surface area (Å²) in [6.45, 7) is 9.17. The Morgan fingerprint density at radius 2 is 1.90 bits per heavy atom. The normalized spacial score (nSPS) is 19.1. The zero-order valence-corrected chi connectivity index (χ0v) is 13.2. The molecule has 0 aromatic rings. The van der Waals surface area contributed by atoms with Gasteiger partial charge in [0.15, 0.2) is 0 Å². The second-order valence-corrected chi connectivity index (χ2v) is 5.36. The molecule has 1 aliphatic heterocycles. The summed E-state index contributed by atoms with van der Waals surface area (Å²) in [5.41, 5.74) is 0. The topological polar surface area (TPSA) is 82.1 Å². The molecule has 2 amide bonds. The fourth-order valence-electron chi connectivity index (χ4n) is 2.40. The number of ether oxygens (including phenoxy) is 1. The number of nitrogens with one attached hydrogen (secondary N) is 1. The van der Waals surface area contributed by atoms with Gasteiger partial charge in [-0.05, 0) is 13.8 Å². The van der Waals surface area contributed by atoms with Crippen molar-refractivity contribution in [1.29, 1.82) is 0 Å². The molecular formula is C14H27N3O4. The van der Waals surface area contributed by atoms with E-state index in [0.29, 0.717) is 32.8 Å². The average Bonchev–Trinajstić information content (AvgIpc) is 2.44. The molecule has 0 bridgehead atoms. The van der Waals surface area contributed by atoms with Crippen LogP contribution in [0.2, 0.25) is 0 Å². The smallest absolute Gasteiger partial charge is 0.244 e. The lowest BCUT2D eigenvalue weighted by Gasteiger charge is -2.36. The van der Waals surface area contributed by atoms with E-state index >= 15 is 0 Å². The maximum Gasteiger partial charge on any atom is 0.244 e. The first-order chi connectivity index (χ1) is 9.93. The molecule has 2 N–H and O–H groups in total. The van der Waals surface area contributed by atoms with Crippen LogP contribution in [0.1, 0.15) is 20.8 Å². The van der Waals surface area contributed by atoms with Gasteiger partial charge in [-0.1, -0.05) is 0 Å². The van der Waals surface area contributed by atoms with Gasteiger partial charge in [0.1, 0.15) is 6.04 Å². The van der Waals surface area contributed by atoms with Gasteiger partial charge in [0.25, 0.3) is 0 Å². The van der Waals surface area contributed by atoms with E-state index in [2.05, 4.69) is 10.2 Å². The van der Waals surface area contributed by atoms with Gasteiger partial charge in [-0.25, -0.2) is 0 Å². The highest BCUT2D eigenvalue weighted by Gasteiger charge is 2.25. The molecule has 7 nitrogen and oxygen atoms in total. The summed E-state index contributed by atoms with van der Waals surface area (Å²) in [6, 6.07) is -0.488. The first-order valence-electron chi connectivity index (χ1n) is 7.48. The van der Waals surface area contributed by atoms with Gasteiger partial charge >= 0.3 is 0 Å². The number of carbonyl (C=O) groups is 2. The van der Waals surface area contributed by atoms with Gasteiger partial charge in [0, 0.05) is 46.3 Å². The summed E-state index contributed by atoms with van der Waals surface area (Å²) in [4.78, 5) is 27.0. The van der Waals surface area contributed by atoms with E-state index in [1.807, 2.05) is 6.92 Å². The lowest BCUT2D eigenvalue weighted by molar-refractivity contribution is -0.137. The molecule has 1 rings (SSSR count). The number of hydrogen-bond donors (Lipinski definition) is 2. The third-order valence-corrected chi connectivity index (χ3v) is 3.46. The largest absolute Gasteiger partial charge is 0.389 e. The number of piperazine rings is 1. The fourth-order valence-corrected chi connectivity index (χ4v) is 2.40. The van der Waals surface area contributed by atoms with Gasteiger partial charge in [-0.3, -0.25) is 14.5 Å². The van der Waals surface area contributed by atoms with Crippen molar-refractivity contribution in [2.45, 2.75) is 32.9 Å². The third kappa shape index (κ3) is 6.41. The minimum atomic E-state index is -0.495. The lowest BCUT2D eigenvalue weighted by Crippen LogP contribution is -2.55. The van der Waals surface area contributed by atoms with Crippen LogP contribution in [0.3, 0.4) is 0 Å². The number of rotatable bonds is 7. The first kappa shape index (κ1) is 17.9. The van der Waals surface area contributed by atoms with E-state index in [1.54, 1.807) is 11.8 Å². The minimum absolute atomic E-state index is 0.0558. The van der Waals surface area contributed by atoms with E-state index < -0.39 is 12.1 Å². The number of nitrogens with zero attached hydrogens (tertiary/aromatic N) is 2. The number of β-amino-alcohol motifs (C(OH)–C–C–N with tert-alkyl or cyclic N) is 1. The maximum absolute atomic E-state index is 12.1. The zero-order chi connectivity index (χ0) is 15.8. The molecule has 0 aliphatic carbocycles. The van der Waals surface area contributed by atoms with Crippen LogP contribution in [0, 0.1) is 0 Å². The van der Waals surface area contributed by atoms with Crippen molar-refractivity contribution in [3.05, 3.63) is 0 Å². The summed E-state index contributed by atoms with van der Waals surface area (Å²) in [5.74, 6) is -0.256. The summed E-state index contributed by atoms with van der Waals surface area (Å²) < 4.78 is 5.18. The van der Waals surface area contributed by atoms with Gasteiger partial charge in [0.05, 0.1) is 12.7 Å². The molecule has 122 valence electrons. The number of aliphatic hydroxyl groups is 1. The number of hydrogen-bond acceptors (Lipinski definition) is 5. The molecule has 1 fully saturated rings. The molecule has 0 aromatic heterocycles. The van der Waals surface area contributed by atoms with Crippen LogP contribution in [0.4, 0.5) is 0 Å². The Balaban J connectivity index is 2.31. The van der Waals surface area contributed by atoms with E-state index in [4.69, 9.17) is 4.74 Å². The molecule has 0 aromatic carbocycles. The molecule has 0 saturated carbocycles. The van der Waals surface area contributed by atoms with Gasteiger partial charge in [-0.15, -0.1) is 0 Å². The molecule has 0 unspecified atom stereocenters. The van der Waals surface area contributed by atoms with Crippen molar-refractivity contribution in [3.8, 4) is 0 Å². The van der Waals surface area contributed by atoms with Gasteiger partial charge in [0.2, 0.25) is 11.8 Å². The fraction of sp³-hybridized carbons (Fsp3) is 0.857. The summed E-state index contributed by atoms with van der Waals surface area (Å²) in [6.07, 6.45) is -0.495. The number of aliphatic hydroxyl groups excluding tert-OH is 1. The quantitative estimate of drug-likeness (QED) is 0.634. The van der Waals surface area contributed by atoms with Crippen LogP contribution in [0.5, 0.6) is 0 Å². The molecule has 0 spiro atoms. The molecule has 2 atom stereocenters. The highest BCUT2D eigenvalue weighted by Crippen LogP contribution is 2.05. The van der Waals surface area contributed by atoms with Crippen molar-refractivity contribution < 1.29 is 19.4 Å². The predicted molar refractivity (Wildman–Crippen MR) is 78.8 cm³/mol. The van der Waals surface area contributed by atoms with Gasteiger partial charge < -0.3 is 20.1 Å². The summed E-state index contributed by atoms with van der Waals surface area (Å²) in [5, 5.41) is 12.4. The Morgan fingerprint density at radius 1 is 1.29 bits per heavy atom. The minimum Gasteiger partial charge on any atom is -0.389 e. The highest BCUT2D eigenvalue weighted by atomic mass is 16.5. The van der Waals surface area contributed by atoms with Crippen LogP contribution in [-0.4, -0.2) is 84.8 Å². The Morgan fingerprint density at radius 3 is 2.43 bits per heavy atom. The second-order valence-electron chi connectivity index (χ2n) is 5.36. The highest BCUT2D eigenvalue weighted by molar-refractivity contribution is 5.86. The second kappa shape index (κ2) is 8.96. The van der Waals surface area contributed by atoms with Crippen LogP contribution in [-0.2, 0) is 14.3 Å². The maximum atomic E-state index is 12.1. The summed E-state index contributed by atoms with van der Waals surface area (Å²) >= 11 is 0. The Hall–Kier alpha value is -1.18. The van der Waals surface area contributed by atoms with Crippen molar-refractivity contribution in [2.75, 3.05) is 45.9 Å². The molecule has 7 heteroatoms. The first-order valence-corrected chi connectivity index (χ1v) is 7.48. The van der Waals surface area contributed by atoms with Crippen molar-refractivity contribution in [1.82, 2.24) is 15.1 Å². The van der Waals surface area contributed by atoms with Crippen LogP contribution >= 0.6 is 0 Å². The van der Waals surface area contributed by atoms with E-state index in [-0.39, 0.29) is 11.8 Å². The number of carbonyl (C=O) groups excluding carboxylic acids is 2. The van der Waals surface area contributed by atoms with Crippen molar-refractivity contribution >= 4 is 11.8 Å².